The zero-order valence-electron chi connectivity index (χ0n) is 19.8. The molecule has 0 radical (unpaired) electrons. The molecule has 0 saturated carbocycles. The Morgan fingerprint density at radius 2 is 1.74 bits per heavy atom. The number of likely N-dealkylation sites (N-methyl/N-ethyl adjacent to an activating group) is 1. The van der Waals surface area contributed by atoms with Crippen LogP contribution in [-0.4, -0.2) is 35.2 Å². The average molecular weight is 470 g/mol. The fourth-order valence-corrected chi connectivity index (χ4v) is 5.52. The largest absolute Gasteiger partial charge is 0.497 e. The summed E-state index contributed by atoms with van der Waals surface area (Å²) in [5.41, 5.74) is 6.08. The number of fused-ring (bicyclic) bond motifs is 2. The third-order valence-corrected chi connectivity index (χ3v) is 7.40. The van der Waals surface area contributed by atoms with Crippen LogP contribution in [0.5, 0.6) is 5.75 Å². The predicted octanol–water partition coefficient (Wildman–Crippen LogP) is 6.01. The van der Waals surface area contributed by atoms with E-state index in [-0.39, 0.29) is 11.2 Å². The summed E-state index contributed by atoms with van der Waals surface area (Å²) in [6.45, 7) is 4.34. The lowest BCUT2D eigenvalue weighted by atomic mass is 9.83. The Hall–Kier alpha value is -3.51. The Labute approximate surface area is 204 Å². The van der Waals surface area contributed by atoms with Crippen molar-refractivity contribution in [3.63, 3.8) is 0 Å². The number of imidazole rings is 1. The van der Waals surface area contributed by atoms with Gasteiger partial charge in [-0.05, 0) is 48.0 Å². The summed E-state index contributed by atoms with van der Waals surface area (Å²) < 4.78 is 7.41. The molecule has 172 valence electrons. The van der Waals surface area contributed by atoms with Gasteiger partial charge in [-0.1, -0.05) is 55.9 Å². The number of anilines is 1. The van der Waals surface area contributed by atoms with Crippen LogP contribution in [0.25, 0.3) is 16.7 Å². The topological polar surface area (TPSA) is 47.4 Å². The summed E-state index contributed by atoms with van der Waals surface area (Å²) in [5, 5.41) is 0.792. The van der Waals surface area contributed by atoms with Crippen molar-refractivity contribution in [2.45, 2.75) is 24.4 Å². The Morgan fingerprint density at radius 3 is 2.47 bits per heavy atom. The van der Waals surface area contributed by atoms with Gasteiger partial charge in [0.1, 0.15) is 5.75 Å². The van der Waals surface area contributed by atoms with Crippen LogP contribution in [0.3, 0.4) is 0 Å². The van der Waals surface area contributed by atoms with Crippen LogP contribution >= 0.6 is 11.8 Å². The zero-order chi connectivity index (χ0) is 23.9. The summed E-state index contributed by atoms with van der Waals surface area (Å²) in [7, 11) is 3.69. The van der Waals surface area contributed by atoms with Gasteiger partial charge in [0.25, 0.3) is 0 Å². The first kappa shape index (κ1) is 22.3. The van der Waals surface area contributed by atoms with Gasteiger partial charge in [-0.15, -0.1) is 0 Å². The molecule has 6 heteroatoms. The number of nitrogens with zero attached hydrogens (tertiary/aromatic N) is 3. The van der Waals surface area contributed by atoms with E-state index in [1.165, 1.54) is 17.3 Å². The molecular weight excluding hydrogens is 442 g/mol. The Kier molecular flexibility index (Phi) is 5.70. The van der Waals surface area contributed by atoms with E-state index in [1.54, 1.807) is 13.2 Å². The second kappa shape index (κ2) is 8.69. The van der Waals surface area contributed by atoms with Gasteiger partial charge in [0, 0.05) is 35.6 Å². The maximum absolute atomic E-state index is 13.1. The first-order valence-corrected chi connectivity index (χ1v) is 12.2. The lowest BCUT2D eigenvalue weighted by molar-refractivity contribution is -0.112. The minimum Gasteiger partial charge on any atom is -0.497 e. The highest BCUT2D eigenvalue weighted by Crippen LogP contribution is 2.46. The molecule has 2 heterocycles. The molecular formula is C28H27N3O2S. The van der Waals surface area contributed by atoms with E-state index >= 15 is 0 Å². The van der Waals surface area contributed by atoms with E-state index in [0.717, 1.165) is 39.0 Å². The standard InChI is InChI=1S/C28H27N3O2S/c1-28(2)22-9-5-7-11-24(22)30(3)26(28)17-20(32)18-34-27-29-23-10-6-8-12-25(23)31(27)19-13-15-21(33-4)16-14-19/h5-17H,18H2,1-4H3/b26-17+. The number of ether oxygens (including phenoxy) is 1. The molecule has 4 aromatic rings. The van der Waals surface area contributed by atoms with E-state index in [4.69, 9.17) is 9.72 Å². The molecule has 1 aliphatic rings. The van der Waals surface area contributed by atoms with Crippen LogP contribution in [0.15, 0.2) is 89.7 Å². The molecule has 0 atom stereocenters. The Balaban J connectivity index is 1.43. The molecule has 0 amide bonds. The van der Waals surface area contributed by atoms with Crippen LogP contribution in [-0.2, 0) is 10.2 Å². The second-order valence-corrected chi connectivity index (χ2v) is 9.84. The number of thioether (sulfide) groups is 1. The molecule has 34 heavy (non-hydrogen) atoms. The van der Waals surface area contributed by atoms with Crippen molar-refractivity contribution in [3.05, 3.63) is 90.1 Å². The van der Waals surface area contributed by atoms with E-state index in [2.05, 4.69) is 41.5 Å². The smallest absolute Gasteiger partial charge is 0.174 e. The number of methoxy groups -OCH3 is 1. The number of ketones is 1. The summed E-state index contributed by atoms with van der Waals surface area (Å²) in [6, 6.07) is 24.3. The molecule has 3 aromatic carbocycles. The molecule has 1 aromatic heterocycles. The van der Waals surface area contributed by atoms with Gasteiger partial charge in [-0.3, -0.25) is 9.36 Å². The molecule has 0 bridgehead atoms. The molecule has 0 fully saturated rings. The summed E-state index contributed by atoms with van der Waals surface area (Å²) >= 11 is 1.46. The minimum atomic E-state index is -0.220. The van der Waals surface area contributed by atoms with Crippen LogP contribution in [0.4, 0.5) is 5.69 Å². The number of aromatic nitrogens is 2. The lowest BCUT2D eigenvalue weighted by Crippen LogP contribution is -2.24. The van der Waals surface area contributed by atoms with Gasteiger partial charge >= 0.3 is 0 Å². The highest BCUT2D eigenvalue weighted by molar-refractivity contribution is 7.99. The summed E-state index contributed by atoms with van der Waals surface area (Å²) in [6.07, 6.45) is 1.80. The zero-order valence-corrected chi connectivity index (χ0v) is 20.6. The monoisotopic (exact) mass is 469 g/mol. The van der Waals surface area contributed by atoms with Crippen LogP contribution in [0.1, 0.15) is 19.4 Å². The van der Waals surface area contributed by atoms with E-state index < -0.39 is 0 Å². The average Bonchev–Trinajstić information content (AvgIpc) is 3.32. The second-order valence-electron chi connectivity index (χ2n) is 8.90. The van der Waals surface area contributed by atoms with Crippen molar-refractivity contribution in [1.82, 2.24) is 9.55 Å². The first-order chi connectivity index (χ1) is 16.4. The van der Waals surface area contributed by atoms with Gasteiger partial charge in [0.2, 0.25) is 0 Å². The van der Waals surface area contributed by atoms with Crippen molar-refractivity contribution >= 4 is 34.3 Å². The third kappa shape index (κ3) is 3.78. The number of carbonyl (C=O) groups excluding carboxylic acids is 1. The third-order valence-electron chi connectivity index (χ3n) is 6.44. The van der Waals surface area contributed by atoms with Gasteiger partial charge < -0.3 is 9.64 Å². The van der Waals surface area contributed by atoms with Crippen LogP contribution in [0, 0.1) is 0 Å². The number of allylic oxidation sites excluding steroid dienone is 2. The number of hydrogen-bond acceptors (Lipinski definition) is 5. The van der Waals surface area contributed by atoms with E-state index in [1.807, 2.05) is 61.6 Å². The predicted molar refractivity (Wildman–Crippen MR) is 139 cm³/mol. The molecule has 0 N–H and O–H groups in total. The van der Waals surface area contributed by atoms with Crippen molar-refractivity contribution in [1.29, 1.82) is 0 Å². The van der Waals surface area contributed by atoms with Crippen molar-refractivity contribution in [3.8, 4) is 11.4 Å². The quantitative estimate of drug-likeness (QED) is 0.256. The molecule has 0 unspecified atom stereocenters. The molecule has 0 aliphatic carbocycles. The van der Waals surface area contributed by atoms with Gasteiger partial charge in [-0.25, -0.2) is 4.98 Å². The molecule has 5 nitrogen and oxygen atoms in total. The normalized spacial score (nSPS) is 15.6. The molecule has 0 saturated heterocycles. The van der Waals surface area contributed by atoms with Gasteiger partial charge in [0.15, 0.2) is 10.9 Å². The Bertz CT molecular complexity index is 1400. The van der Waals surface area contributed by atoms with Gasteiger partial charge in [0.05, 0.1) is 23.9 Å². The van der Waals surface area contributed by atoms with E-state index in [9.17, 15) is 4.79 Å². The van der Waals surface area contributed by atoms with Crippen LogP contribution in [0.2, 0.25) is 0 Å². The van der Waals surface area contributed by atoms with Gasteiger partial charge in [-0.2, -0.15) is 0 Å². The number of hydrogen-bond donors (Lipinski definition) is 0. The van der Waals surface area contributed by atoms with Crippen molar-refractivity contribution in [2.75, 3.05) is 24.8 Å². The van der Waals surface area contributed by atoms with Crippen molar-refractivity contribution in [2.24, 2.45) is 0 Å². The highest BCUT2D eigenvalue weighted by atomic mass is 32.2. The number of rotatable bonds is 6. The lowest BCUT2D eigenvalue weighted by Gasteiger charge is -2.23. The number of para-hydroxylation sites is 3. The number of benzene rings is 3. The maximum atomic E-state index is 13.1. The maximum Gasteiger partial charge on any atom is 0.174 e. The Morgan fingerprint density at radius 1 is 1.03 bits per heavy atom. The number of carbonyl (C=O) groups is 1. The summed E-state index contributed by atoms with van der Waals surface area (Å²) in [5.74, 6) is 1.18. The van der Waals surface area contributed by atoms with Crippen molar-refractivity contribution < 1.29 is 9.53 Å². The fraction of sp³-hybridized carbons (Fsp3) is 0.214. The summed E-state index contributed by atoms with van der Waals surface area (Å²) in [4.78, 5) is 20.1. The SMILES string of the molecule is COc1ccc(-n2c(SCC(=O)/C=C3/N(C)c4ccccc4C3(C)C)nc3ccccc32)cc1. The highest BCUT2D eigenvalue weighted by Gasteiger charge is 2.38. The van der Waals surface area contributed by atoms with Crippen LogP contribution < -0.4 is 9.64 Å². The molecule has 1 aliphatic heterocycles. The fourth-order valence-electron chi connectivity index (χ4n) is 4.67. The minimum absolute atomic E-state index is 0.0704. The van der Waals surface area contributed by atoms with E-state index in [0.29, 0.717) is 5.75 Å². The molecule has 0 spiro atoms. The molecule has 5 rings (SSSR count). The first-order valence-electron chi connectivity index (χ1n) is 11.2.